The van der Waals surface area contributed by atoms with E-state index in [1.807, 2.05) is 54.9 Å². The highest BCUT2D eigenvalue weighted by atomic mass is 35.5. The smallest absolute Gasteiger partial charge is 0.257 e. The molecule has 0 aliphatic carbocycles. The lowest BCUT2D eigenvalue weighted by molar-refractivity contribution is 0.0783. The van der Waals surface area contributed by atoms with Crippen molar-refractivity contribution in [1.29, 1.82) is 0 Å². The van der Waals surface area contributed by atoms with Crippen LogP contribution in [0.2, 0.25) is 5.02 Å². The summed E-state index contributed by atoms with van der Waals surface area (Å²) in [7, 11) is 1.79. The maximum absolute atomic E-state index is 12.9. The van der Waals surface area contributed by atoms with Gasteiger partial charge in [-0.25, -0.2) is 0 Å². The molecule has 26 heavy (non-hydrogen) atoms. The predicted octanol–water partition coefficient (Wildman–Crippen LogP) is 3.87. The van der Waals surface area contributed by atoms with Gasteiger partial charge in [-0.15, -0.1) is 0 Å². The zero-order valence-corrected chi connectivity index (χ0v) is 15.9. The molecule has 0 atom stereocenters. The van der Waals surface area contributed by atoms with E-state index in [9.17, 15) is 4.79 Å². The maximum atomic E-state index is 12.9. The molecule has 0 N–H and O–H groups in total. The number of hydrogen-bond donors (Lipinski definition) is 0. The van der Waals surface area contributed by atoms with Crippen molar-refractivity contribution in [2.75, 3.05) is 7.05 Å². The molecule has 6 heteroatoms. The summed E-state index contributed by atoms with van der Waals surface area (Å²) in [6, 6.07) is 11.5. The van der Waals surface area contributed by atoms with Gasteiger partial charge in [-0.1, -0.05) is 35.9 Å². The van der Waals surface area contributed by atoms with Crippen molar-refractivity contribution >= 4 is 17.5 Å². The first-order valence-corrected chi connectivity index (χ1v) is 8.77. The van der Waals surface area contributed by atoms with Crippen LogP contribution in [0.1, 0.15) is 32.9 Å². The predicted molar refractivity (Wildman–Crippen MR) is 102 cm³/mol. The molecule has 5 nitrogen and oxygen atoms in total. The van der Waals surface area contributed by atoms with Gasteiger partial charge >= 0.3 is 0 Å². The molecule has 0 saturated carbocycles. The SMILES string of the molecule is Cc1nn(Cc2ccccc2Cl)c(C)c1C(=O)N(C)Cc1cccnc1. The normalized spacial score (nSPS) is 10.8. The van der Waals surface area contributed by atoms with E-state index in [1.165, 1.54) is 0 Å². The van der Waals surface area contributed by atoms with Gasteiger partial charge in [0.05, 0.1) is 17.8 Å². The van der Waals surface area contributed by atoms with Gasteiger partial charge in [-0.2, -0.15) is 5.10 Å². The van der Waals surface area contributed by atoms with Crippen LogP contribution >= 0.6 is 11.6 Å². The Balaban J connectivity index is 1.83. The first-order chi connectivity index (χ1) is 12.5. The summed E-state index contributed by atoms with van der Waals surface area (Å²) in [5, 5.41) is 5.25. The fraction of sp³-hybridized carbons (Fsp3) is 0.250. The number of benzene rings is 1. The minimum atomic E-state index is -0.0470. The lowest BCUT2D eigenvalue weighted by Gasteiger charge is -2.17. The van der Waals surface area contributed by atoms with Crippen molar-refractivity contribution in [2.45, 2.75) is 26.9 Å². The fourth-order valence-electron chi connectivity index (χ4n) is 2.98. The van der Waals surface area contributed by atoms with Gasteiger partial charge in [0.15, 0.2) is 0 Å². The third-order valence-corrected chi connectivity index (χ3v) is 4.73. The third-order valence-electron chi connectivity index (χ3n) is 4.36. The molecule has 134 valence electrons. The summed E-state index contributed by atoms with van der Waals surface area (Å²) in [5.41, 5.74) is 4.16. The minimum absolute atomic E-state index is 0.0470. The maximum Gasteiger partial charge on any atom is 0.257 e. The molecule has 1 amide bonds. The van der Waals surface area contributed by atoms with E-state index < -0.39 is 0 Å². The third kappa shape index (κ3) is 3.78. The summed E-state index contributed by atoms with van der Waals surface area (Å²) in [6.07, 6.45) is 3.49. The van der Waals surface area contributed by atoms with Gasteiger partial charge in [0.25, 0.3) is 5.91 Å². The largest absolute Gasteiger partial charge is 0.337 e. The number of pyridine rings is 1. The summed E-state index contributed by atoms with van der Waals surface area (Å²) in [5.74, 6) is -0.0470. The molecule has 0 spiro atoms. The van der Waals surface area contributed by atoms with E-state index in [-0.39, 0.29) is 5.91 Å². The van der Waals surface area contributed by atoms with E-state index in [0.717, 1.165) is 22.5 Å². The Labute approximate surface area is 158 Å². The number of halogens is 1. The summed E-state index contributed by atoms with van der Waals surface area (Å²) < 4.78 is 1.84. The van der Waals surface area contributed by atoms with Crippen molar-refractivity contribution in [1.82, 2.24) is 19.7 Å². The fourth-order valence-corrected chi connectivity index (χ4v) is 3.17. The molecule has 0 radical (unpaired) electrons. The van der Waals surface area contributed by atoms with Crippen LogP contribution in [0.3, 0.4) is 0 Å². The second kappa shape index (κ2) is 7.70. The molecule has 2 heterocycles. The molecular weight excluding hydrogens is 348 g/mol. The van der Waals surface area contributed by atoms with E-state index >= 15 is 0 Å². The summed E-state index contributed by atoms with van der Waals surface area (Å²) >= 11 is 6.25. The Morgan fingerprint density at radius 1 is 1.19 bits per heavy atom. The molecule has 0 bridgehead atoms. The van der Waals surface area contributed by atoms with Crippen LogP contribution in [0.4, 0.5) is 0 Å². The zero-order valence-electron chi connectivity index (χ0n) is 15.1. The van der Waals surface area contributed by atoms with Crippen LogP contribution in [0.5, 0.6) is 0 Å². The number of aromatic nitrogens is 3. The molecule has 3 aromatic rings. The quantitative estimate of drug-likeness (QED) is 0.687. The molecule has 0 fully saturated rings. The molecule has 0 saturated heterocycles. The van der Waals surface area contributed by atoms with Gasteiger partial charge in [0, 0.05) is 36.7 Å². The van der Waals surface area contributed by atoms with E-state index in [1.54, 1.807) is 24.3 Å². The highest BCUT2D eigenvalue weighted by molar-refractivity contribution is 6.31. The Kier molecular flexibility index (Phi) is 5.38. The van der Waals surface area contributed by atoms with Crippen LogP contribution in [0, 0.1) is 13.8 Å². The van der Waals surface area contributed by atoms with E-state index in [2.05, 4.69) is 10.1 Å². The van der Waals surface area contributed by atoms with Gasteiger partial charge < -0.3 is 4.90 Å². The molecule has 0 aliphatic rings. The van der Waals surface area contributed by atoms with E-state index in [0.29, 0.717) is 23.7 Å². The number of hydrogen-bond acceptors (Lipinski definition) is 3. The lowest BCUT2D eigenvalue weighted by Crippen LogP contribution is -2.27. The molecule has 2 aromatic heterocycles. The first-order valence-electron chi connectivity index (χ1n) is 8.39. The van der Waals surface area contributed by atoms with Crippen LogP contribution in [-0.2, 0) is 13.1 Å². The van der Waals surface area contributed by atoms with Crippen molar-refractivity contribution in [3.63, 3.8) is 0 Å². The summed E-state index contributed by atoms with van der Waals surface area (Å²) in [6.45, 7) is 4.82. The van der Waals surface area contributed by atoms with Crippen molar-refractivity contribution in [2.24, 2.45) is 0 Å². The molecule has 0 unspecified atom stereocenters. The molecule has 3 rings (SSSR count). The lowest BCUT2D eigenvalue weighted by atomic mass is 10.1. The second-order valence-electron chi connectivity index (χ2n) is 6.32. The highest BCUT2D eigenvalue weighted by Crippen LogP contribution is 2.20. The van der Waals surface area contributed by atoms with Gasteiger partial charge in [0.1, 0.15) is 0 Å². The highest BCUT2D eigenvalue weighted by Gasteiger charge is 2.22. The topological polar surface area (TPSA) is 51.0 Å². The number of amides is 1. The standard InChI is InChI=1S/C20H21ClN4O/c1-14-19(20(26)24(3)12-16-7-6-10-22-11-16)15(2)25(23-14)13-17-8-4-5-9-18(17)21/h4-11H,12-13H2,1-3H3. The number of nitrogens with zero attached hydrogens (tertiary/aromatic N) is 4. The average molecular weight is 369 g/mol. The average Bonchev–Trinajstić information content (AvgIpc) is 2.90. The van der Waals surface area contributed by atoms with Crippen LogP contribution in [-0.4, -0.2) is 32.6 Å². The van der Waals surface area contributed by atoms with Crippen molar-refractivity contribution in [3.8, 4) is 0 Å². The number of carbonyl (C=O) groups excluding carboxylic acids is 1. The first kappa shape index (κ1) is 18.1. The zero-order chi connectivity index (χ0) is 18.7. The Morgan fingerprint density at radius 3 is 2.65 bits per heavy atom. The van der Waals surface area contributed by atoms with Crippen molar-refractivity contribution in [3.05, 3.63) is 81.9 Å². The monoisotopic (exact) mass is 368 g/mol. The van der Waals surface area contributed by atoms with Gasteiger partial charge in [-0.05, 0) is 37.1 Å². The summed E-state index contributed by atoms with van der Waals surface area (Å²) in [4.78, 5) is 18.7. The number of aryl methyl sites for hydroxylation is 1. The van der Waals surface area contributed by atoms with Crippen LogP contribution in [0.25, 0.3) is 0 Å². The molecule has 0 aliphatic heterocycles. The van der Waals surface area contributed by atoms with Gasteiger partial charge in [-0.3, -0.25) is 14.5 Å². The van der Waals surface area contributed by atoms with Gasteiger partial charge in [0.2, 0.25) is 0 Å². The molecule has 1 aromatic carbocycles. The van der Waals surface area contributed by atoms with Crippen LogP contribution < -0.4 is 0 Å². The minimum Gasteiger partial charge on any atom is -0.337 e. The van der Waals surface area contributed by atoms with Crippen molar-refractivity contribution < 1.29 is 4.79 Å². The van der Waals surface area contributed by atoms with Crippen LogP contribution in [0.15, 0.2) is 48.8 Å². The Morgan fingerprint density at radius 2 is 1.96 bits per heavy atom. The van der Waals surface area contributed by atoms with E-state index in [4.69, 9.17) is 11.6 Å². The molecular formula is C20H21ClN4O. The Bertz CT molecular complexity index is 921. The Hall–Kier alpha value is -2.66. The number of rotatable bonds is 5. The number of carbonyl (C=O) groups is 1. The second-order valence-corrected chi connectivity index (χ2v) is 6.72.